The number of hydrogen-bond donors (Lipinski definition) is 4. The molecule has 0 aliphatic heterocycles. The third kappa shape index (κ3) is 7.57. The van der Waals surface area contributed by atoms with E-state index in [1.54, 1.807) is 11.7 Å². The van der Waals surface area contributed by atoms with E-state index in [4.69, 9.17) is 5.21 Å². The Hall–Kier alpha value is -5.16. The predicted octanol–water partition coefficient (Wildman–Crippen LogP) is 4.36. The molecule has 43 heavy (non-hydrogen) atoms. The third-order valence-electron chi connectivity index (χ3n) is 7.19. The van der Waals surface area contributed by atoms with Gasteiger partial charge in [-0.3, -0.25) is 14.8 Å². The molecule has 2 amide bonds. The SMILES string of the molecule is CCCCc1nc(C(=O)NC(CC(=O)NO)Cc2ccccc2)cn1Cc1ccc(-c2ccccc2-c2nn[nH]n2)cc1. The third-order valence-corrected chi connectivity index (χ3v) is 7.19. The number of rotatable bonds is 13. The lowest BCUT2D eigenvalue weighted by atomic mass is 9.98. The molecule has 2 heterocycles. The lowest BCUT2D eigenvalue weighted by molar-refractivity contribution is -0.129. The van der Waals surface area contributed by atoms with Gasteiger partial charge in [0.15, 0.2) is 0 Å². The lowest BCUT2D eigenvalue weighted by Crippen LogP contribution is -2.40. The summed E-state index contributed by atoms with van der Waals surface area (Å²) in [6, 6.07) is 25.2. The van der Waals surface area contributed by atoms with E-state index in [2.05, 4.69) is 62.1 Å². The van der Waals surface area contributed by atoms with Gasteiger partial charge in [-0.1, -0.05) is 92.2 Å². The number of hydrogen-bond acceptors (Lipinski definition) is 7. The smallest absolute Gasteiger partial charge is 0.271 e. The highest BCUT2D eigenvalue weighted by molar-refractivity contribution is 5.92. The molecule has 11 nitrogen and oxygen atoms in total. The van der Waals surface area contributed by atoms with Crippen LogP contribution in [0.25, 0.3) is 22.5 Å². The van der Waals surface area contributed by atoms with Gasteiger partial charge in [0.05, 0.1) is 0 Å². The summed E-state index contributed by atoms with van der Waals surface area (Å²) in [5.74, 6) is 0.425. The van der Waals surface area contributed by atoms with Crippen molar-refractivity contribution in [3.05, 3.63) is 108 Å². The number of benzene rings is 3. The fraction of sp³-hybridized carbons (Fsp3) is 0.250. The molecule has 1 atom stereocenters. The number of carbonyl (C=O) groups is 2. The van der Waals surface area contributed by atoms with Crippen molar-refractivity contribution < 1.29 is 14.8 Å². The highest BCUT2D eigenvalue weighted by Gasteiger charge is 2.21. The first kappa shape index (κ1) is 29.3. The van der Waals surface area contributed by atoms with Crippen molar-refractivity contribution in [1.82, 2.24) is 41.0 Å². The molecule has 0 saturated carbocycles. The normalized spacial score (nSPS) is 11.7. The van der Waals surface area contributed by atoms with Crippen LogP contribution in [-0.4, -0.2) is 53.2 Å². The highest BCUT2D eigenvalue weighted by atomic mass is 16.5. The minimum absolute atomic E-state index is 0.0667. The van der Waals surface area contributed by atoms with Gasteiger partial charge in [-0.2, -0.15) is 5.21 Å². The second kappa shape index (κ2) is 14.1. The molecule has 0 spiro atoms. The number of amides is 2. The van der Waals surface area contributed by atoms with Gasteiger partial charge in [0, 0.05) is 37.2 Å². The van der Waals surface area contributed by atoms with Crippen molar-refractivity contribution in [2.75, 3.05) is 0 Å². The number of aryl methyl sites for hydroxylation is 1. The molecule has 0 fully saturated rings. The van der Waals surface area contributed by atoms with Crippen molar-refractivity contribution in [3.8, 4) is 22.5 Å². The van der Waals surface area contributed by atoms with Crippen LogP contribution in [0.5, 0.6) is 0 Å². The van der Waals surface area contributed by atoms with E-state index in [1.807, 2.05) is 59.2 Å². The number of nitrogens with zero attached hydrogens (tertiary/aromatic N) is 5. The van der Waals surface area contributed by atoms with Gasteiger partial charge in [0.25, 0.3) is 5.91 Å². The van der Waals surface area contributed by atoms with E-state index < -0.39 is 11.9 Å². The molecule has 0 aliphatic carbocycles. The van der Waals surface area contributed by atoms with Crippen LogP contribution >= 0.6 is 0 Å². The summed E-state index contributed by atoms with van der Waals surface area (Å²) in [5, 5.41) is 26.5. The number of unbranched alkanes of at least 4 members (excludes halogenated alkanes) is 1. The molecule has 1 unspecified atom stereocenters. The van der Waals surface area contributed by atoms with Crippen molar-refractivity contribution in [2.24, 2.45) is 0 Å². The number of carbonyl (C=O) groups excluding carboxylic acids is 2. The average Bonchev–Trinajstić information content (AvgIpc) is 3.72. The number of tetrazole rings is 1. The van der Waals surface area contributed by atoms with Crippen molar-refractivity contribution in [1.29, 1.82) is 0 Å². The Labute approximate surface area is 249 Å². The van der Waals surface area contributed by atoms with Gasteiger partial charge in [-0.15, -0.1) is 10.2 Å². The number of nitrogens with one attached hydrogen (secondary N) is 3. The maximum absolute atomic E-state index is 13.3. The van der Waals surface area contributed by atoms with E-state index in [0.717, 1.165) is 52.9 Å². The molecule has 11 heteroatoms. The van der Waals surface area contributed by atoms with Gasteiger partial charge < -0.3 is 9.88 Å². The van der Waals surface area contributed by atoms with Crippen LogP contribution in [0.2, 0.25) is 0 Å². The zero-order valence-electron chi connectivity index (χ0n) is 23.9. The van der Waals surface area contributed by atoms with Crippen LogP contribution in [-0.2, 0) is 24.2 Å². The molecule has 3 aromatic carbocycles. The summed E-state index contributed by atoms with van der Waals surface area (Å²) in [6.07, 6.45) is 4.82. The fourth-order valence-electron chi connectivity index (χ4n) is 5.03. The average molecular weight is 579 g/mol. The Morgan fingerprint density at radius 1 is 0.953 bits per heavy atom. The Bertz CT molecular complexity index is 1630. The van der Waals surface area contributed by atoms with Gasteiger partial charge in [0.1, 0.15) is 11.5 Å². The van der Waals surface area contributed by atoms with E-state index in [9.17, 15) is 9.59 Å². The summed E-state index contributed by atoms with van der Waals surface area (Å²) >= 11 is 0. The largest absolute Gasteiger partial charge is 0.347 e. The number of hydroxylamine groups is 1. The Morgan fingerprint density at radius 2 is 1.70 bits per heavy atom. The van der Waals surface area contributed by atoms with Crippen LogP contribution in [0.1, 0.15) is 53.6 Å². The van der Waals surface area contributed by atoms with E-state index >= 15 is 0 Å². The Balaban J connectivity index is 1.34. The van der Waals surface area contributed by atoms with Gasteiger partial charge in [-0.05, 0) is 40.3 Å². The van der Waals surface area contributed by atoms with E-state index in [0.29, 0.717) is 24.5 Å². The maximum Gasteiger partial charge on any atom is 0.271 e. The molecule has 4 N–H and O–H groups in total. The van der Waals surface area contributed by atoms with Crippen LogP contribution in [0.15, 0.2) is 85.1 Å². The monoisotopic (exact) mass is 578 g/mol. The first-order valence-electron chi connectivity index (χ1n) is 14.3. The molecule has 0 bridgehead atoms. The van der Waals surface area contributed by atoms with E-state index in [1.165, 1.54) is 0 Å². The van der Waals surface area contributed by atoms with Gasteiger partial charge in [0.2, 0.25) is 11.7 Å². The summed E-state index contributed by atoms with van der Waals surface area (Å²) < 4.78 is 2.01. The van der Waals surface area contributed by atoms with Gasteiger partial charge >= 0.3 is 0 Å². The quantitative estimate of drug-likeness (QED) is 0.120. The minimum Gasteiger partial charge on any atom is -0.347 e. The van der Waals surface area contributed by atoms with Gasteiger partial charge in [-0.25, -0.2) is 10.5 Å². The Morgan fingerprint density at radius 3 is 2.40 bits per heavy atom. The fourth-order valence-corrected chi connectivity index (χ4v) is 5.03. The maximum atomic E-state index is 13.3. The molecule has 5 aromatic rings. The minimum atomic E-state index is -0.571. The molecule has 0 aliphatic rings. The second-order valence-electron chi connectivity index (χ2n) is 10.4. The van der Waals surface area contributed by atoms with E-state index in [-0.39, 0.29) is 12.3 Å². The molecule has 0 saturated heterocycles. The number of imidazole rings is 1. The van der Waals surface area contributed by atoms with Crippen LogP contribution < -0.4 is 10.8 Å². The molecular formula is C32H34N8O3. The molecule has 5 rings (SSSR count). The first-order chi connectivity index (χ1) is 21.0. The van der Waals surface area contributed by atoms with Crippen LogP contribution in [0.4, 0.5) is 0 Å². The second-order valence-corrected chi connectivity index (χ2v) is 10.4. The first-order valence-corrected chi connectivity index (χ1v) is 14.3. The number of aromatic amines is 1. The summed E-state index contributed by atoms with van der Waals surface area (Å²) in [4.78, 5) is 30.0. The molecule has 220 valence electrons. The topological polar surface area (TPSA) is 151 Å². The van der Waals surface area contributed by atoms with Crippen molar-refractivity contribution in [3.63, 3.8) is 0 Å². The van der Waals surface area contributed by atoms with Crippen molar-refractivity contribution in [2.45, 2.75) is 51.6 Å². The standard InChI is InChI=1S/C32H34N8O3/c1-2-3-13-29-34-28(32(42)33-25(19-30(41)37-43)18-22-9-5-4-6-10-22)21-40(29)20-23-14-16-24(17-15-23)26-11-7-8-12-27(26)31-35-38-39-36-31/h4-12,14-17,21,25,43H,2-3,13,18-20H2,1H3,(H,33,42)(H,37,41)(H,35,36,38,39). The Kier molecular flexibility index (Phi) is 9.65. The molecule has 2 aromatic heterocycles. The van der Waals surface area contributed by atoms with Crippen molar-refractivity contribution >= 4 is 11.8 Å². The zero-order chi connectivity index (χ0) is 30.0. The van der Waals surface area contributed by atoms with Crippen LogP contribution in [0.3, 0.4) is 0 Å². The summed E-state index contributed by atoms with van der Waals surface area (Å²) in [6.45, 7) is 2.67. The summed E-state index contributed by atoms with van der Waals surface area (Å²) in [7, 11) is 0. The number of H-pyrrole nitrogens is 1. The number of aromatic nitrogens is 6. The molecular weight excluding hydrogens is 544 g/mol. The van der Waals surface area contributed by atoms with Crippen LogP contribution in [0, 0.1) is 0 Å². The molecule has 0 radical (unpaired) electrons. The zero-order valence-corrected chi connectivity index (χ0v) is 23.9. The predicted molar refractivity (Wildman–Crippen MR) is 161 cm³/mol. The summed E-state index contributed by atoms with van der Waals surface area (Å²) in [5.41, 5.74) is 6.89. The lowest BCUT2D eigenvalue weighted by Gasteiger charge is -2.17. The highest BCUT2D eigenvalue weighted by Crippen LogP contribution is 2.30.